The Morgan fingerprint density at radius 3 is 2.75 bits per heavy atom. The standard InChI is InChI=1S/C11H13N5/c1-7-10(6-14-11(13)15-7)16-9-4-2-3-8(12)5-9/h2-6,16H,12H2,1H3,(H2,13,14,15). The molecule has 0 atom stereocenters. The minimum Gasteiger partial charge on any atom is -0.399 e. The van der Waals surface area contributed by atoms with Crippen molar-refractivity contribution in [3.05, 3.63) is 36.2 Å². The van der Waals surface area contributed by atoms with Crippen LogP contribution in [0.1, 0.15) is 5.69 Å². The van der Waals surface area contributed by atoms with Crippen LogP contribution in [0, 0.1) is 6.92 Å². The van der Waals surface area contributed by atoms with Crippen LogP contribution in [-0.4, -0.2) is 9.97 Å². The van der Waals surface area contributed by atoms with E-state index < -0.39 is 0 Å². The Morgan fingerprint density at radius 2 is 2.06 bits per heavy atom. The highest BCUT2D eigenvalue weighted by molar-refractivity contribution is 5.64. The summed E-state index contributed by atoms with van der Waals surface area (Å²) in [6.45, 7) is 1.87. The summed E-state index contributed by atoms with van der Waals surface area (Å²) in [7, 11) is 0. The zero-order valence-electron chi connectivity index (χ0n) is 8.94. The van der Waals surface area contributed by atoms with Gasteiger partial charge in [-0.2, -0.15) is 0 Å². The molecule has 0 amide bonds. The first-order valence-electron chi connectivity index (χ1n) is 4.87. The van der Waals surface area contributed by atoms with E-state index in [4.69, 9.17) is 11.5 Å². The largest absolute Gasteiger partial charge is 0.399 e. The van der Waals surface area contributed by atoms with E-state index in [2.05, 4.69) is 15.3 Å². The number of aromatic nitrogens is 2. The third-order valence-corrected chi connectivity index (χ3v) is 2.16. The Morgan fingerprint density at radius 1 is 1.25 bits per heavy atom. The molecular weight excluding hydrogens is 202 g/mol. The fourth-order valence-corrected chi connectivity index (χ4v) is 1.38. The molecule has 82 valence electrons. The van der Waals surface area contributed by atoms with E-state index in [1.165, 1.54) is 0 Å². The van der Waals surface area contributed by atoms with Gasteiger partial charge in [-0.05, 0) is 25.1 Å². The van der Waals surface area contributed by atoms with Gasteiger partial charge in [0.1, 0.15) is 0 Å². The molecule has 16 heavy (non-hydrogen) atoms. The van der Waals surface area contributed by atoms with E-state index in [1.54, 1.807) is 6.20 Å². The zero-order valence-corrected chi connectivity index (χ0v) is 8.94. The first-order valence-corrected chi connectivity index (χ1v) is 4.87. The molecular formula is C11H13N5. The molecule has 0 saturated carbocycles. The molecule has 0 saturated heterocycles. The van der Waals surface area contributed by atoms with Crippen LogP contribution in [0.3, 0.4) is 0 Å². The van der Waals surface area contributed by atoms with Gasteiger partial charge in [0.25, 0.3) is 0 Å². The molecule has 0 fully saturated rings. The molecule has 1 heterocycles. The topological polar surface area (TPSA) is 89.8 Å². The number of hydrogen-bond donors (Lipinski definition) is 3. The van der Waals surface area contributed by atoms with Crippen molar-refractivity contribution in [3.8, 4) is 0 Å². The highest BCUT2D eigenvalue weighted by Crippen LogP contribution is 2.20. The Bertz CT molecular complexity index is 509. The minimum atomic E-state index is 0.274. The van der Waals surface area contributed by atoms with Crippen molar-refractivity contribution in [1.29, 1.82) is 0 Å². The molecule has 5 heteroatoms. The highest BCUT2D eigenvalue weighted by atomic mass is 15.0. The lowest BCUT2D eigenvalue weighted by Crippen LogP contribution is -2.01. The van der Waals surface area contributed by atoms with E-state index in [0.717, 1.165) is 17.1 Å². The molecule has 5 N–H and O–H groups in total. The van der Waals surface area contributed by atoms with Crippen molar-refractivity contribution >= 4 is 23.0 Å². The van der Waals surface area contributed by atoms with Crippen molar-refractivity contribution in [2.75, 3.05) is 16.8 Å². The van der Waals surface area contributed by atoms with Crippen LogP contribution < -0.4 is 16.8 Å². The summed E-state index contributed by atoms with van der Waals surface area (Å²) >= 11 is 0. The smallest absolute Gasteiger partial charge is 0.220 e. The Balaban J connectivity index is 2.27. The fraction of sp³-hybridized carbons (Fsp3) is 0.0909. The highest BCUT2D eigenvalue weighted by Gasteiger charge is 2.01. The maximum Gasteiger partial charge on any atom is 0.220 e. The molecule has 0 spiro atoms. The average Bonchev–Trinajstić information content (AvgIpc) is 2.22. The predicted octanol–water partition coefficient (Wildman–Crippen LogP) is 1.69. The lowest BCUT2D eigenvalue weighted by molar-refractivity contribution is 1.12. The molecule has 0 aliphatic rings. The molecule has 0 aliphatic carbocycles. The third kappa shape index (κ3) is 2.20. The number of anilines is 4. The number of aryl methyl sites for hydroxylation is 1. The van der Waals surface area contributed by atoms with Crippen LogP contribution in [-0.2, 0) is 0 Å². The second kappa shape index (κ2) is 4.06. The number of nitrogen functional groups attached to an aromatic ring is 2. The molecule has 0 radical (unpaired) electrons. The molecule has 0 bridgehead atoms. The van der Waals surface area contributed by atoms with Gasteiger partial charge < -0.3 is 16.8 Å². The Hall–Kier alpha value is -2.30. The fourth-order valence-electron chi connectivity index (χ4n) is 1.38. The average molecular weight is 215 g/mol. The summed E-state index contributed by atoms with van der Waals surface area (Å²) in [5.74, 6) is 0.274. The van der Waals surface area contributed by atoms with E-state index in [0.29, 0.717) is 5.69 Å². The van der Waals surface area contributed by atoms with Gasteiger partial charge in [0, 0.05) is 11.4 Å². The van der Waals surface area contributed by atoms with Gasteiger partial charge in [-0.25, -0.2) is 9.97 Å². The van der Waals surface area contributed by atoms with Gasteiger partial charge in [-0.1, -0.05) is 6.07 Å². The number of nitrogens with zero attached hydrogens (tertiary/aromatic N) is 2. The van der Waals surface area contributed by atoms with Gasteiger partial charge >= 0.3 is 0 Å². The minimum absolute atomic E-state index is 0.274. The van der Waals surface area contributed by atoms with E-state index in [-0.39, 0.29) is 5.95 Å². The van der Waals surface area contributed by atoms with Crippen LogP contribution in [0.2, 0.25) is 0 Å². The maximum atomic E-state index is 5.68. The van der Waals surface area contributed by atoms with E-state index in [1.807, 2.05) is 31.2 Å². The van der Waals surface area contributed by atoms with Crippen molar-refractivity contribution in [3.63, 3.8) is 0 Å². The molecule has 2 aromatic rings. The van der Waals surface area contributed by atoms with E-state index >= 15 is 0 Å². The van der Waals surface area contributed by atoms with Crippen molar-refractivity contribution in [2.45, 2.75) is 6.92 Å². The van der Waals surface area contributed by atoms with Crippen LogP contribution in [0.25, 0.3) is 0 Å². The lowest BCUT2D eigenvalue weighted by atomic mass is 10.2. The van der Waals surface area contributed by atoms with Gasteiger partial charge in [-0.15, -0.1) is 0 Å². The van der Waals surface area contributed by atoms with Crippen LogP contribution in [0.4, 0.5) is 23.0 Å². The van der Waals surface area contributed by atoms with Gasteiger partial charge in [0.2, 0.25) is 5.95 Å². The molecule has 1 aromatic heterocycles. The normalized spacial score (nSPS) is 10.1. The molecule has 1 aromatic carbocycles. The number of nitrogens with one attached hydrogen (secondary N) is 1. The summed E-state index contributed by atoms with van der Waals surface area (Å²) in [5.41, 5.74) is 14.4. The zero-order chi connectivity index (χ0) is 11.5. The number of hydrogen-bond acceptors (Lipinski definition) is 5. The third-order valence-electron chi connectivity index (χ3n) is 2.16. The van der Waals surface area contributed by atoms with Crippen LogP contribution in [0.15, 0.2) is 30.5 Å². The number of rotatable bonds is 2. The van der Waals surface area contributed by atoms with Crippen LogP contribution >= 0.6 is 0 Å². The van der Waals surface area contributed by atoms with Gasteiger partial charge in [0.05, 0.1) is 17.6 Å². The second-order valence-electron chi connectivity index (χ2n) is 3.48. The monoisotopic (exact) mass is 215 g/mol. The molecule has 2 rings (SSSR count). The lowest BCUT2D eigenvalue weighted by Gasteiger charge is -2.08. The summed E-state index contributed by atoms with van der Waals surface area (Å²) in [4.78, 5) is 8.00. The molecule has 5 nitrogen and oxygen atoms in total. The van der Waals surface area contributed by atoms with Gasteiger partial charge in [0.15, 0.2) is 0 Å². The van der Waals surface area contributed by atoms with Gasteiger partial charge in [-0.3, -0.25) is 0 Å². The number of benzene rings is 1. The first-order chi connectivity index (χ1) is 7.65. The summed E-state index contributed by atoms with van der Waals surface area (Å²) in [5, 5.41) is 3.18. The SMILES string of the molecule is Cc1nc(N)ncc1Nc1cccc(N)c1. The van der Waals surface area contributed by atoms with E-state index in [9.17, 15) is 0 Å². The quantitative estimate of drug-likeness (QED) is 0.663. The second-order valence-corrected chi connectivity index (χ2v) is 3.48. The summed E-state index contributed by atoms with van der Waals surface area (Å²) in [6.07, 6.45) is 1.65. The van der Waals surface area contributed by atoms with Crippen molar-refractivity contribution in [1.82, 2.24) is 9.97 Å². The van der Waals surface area contributed by atoms with Crippen molar-refractivity contribution in [2.24, 2.45) is 0 Å². The predicted molar refractivity (Wildman–Crippen MR) is 65.3 cm³/mol. The Labute approximate surface area is 93.5 Å². The first kappa shape index (κ1) is 10.2. The molecule has 0 unspecified atom stereocenters. The number of nitrogens with two attached hydrogens (primary N) is 2. The van der Waals surface area contributed by atoms with Crippen molar-refractivity contribution < 1.29 is 0 Å². The summed E-state index contributed by atoms with van der Waals surface area (Å²) in [6, 6.07) is 7.48. The Kier molecular flexibility index (Phi) is 2.59. The maximum absolute atomic E-state index is 5.68. The molecule has 0 aliphatic heterocycles. The van der Waals surface area contributed by atoms with Crippen LogP contribution in [0.5, 0.6) is 0 Å². The summed E-state index contributed by atoms with van der Waals surface area (Å²) < 4.78 is 0.